The molecule has 0 saturated carbocycles. The number of nitrogens with zero attached hydrogens (tertiary/aromatic N) is 5. The summed E-state index contributed by atoms with van der Waals surface area (Å²) in [5, 5.41) is 3.84. The molecule has 1 fully saturated rings. The van der Waals surface area contributed by atoms with Gasteiger partial charge in [0, 0.05) is 31.4 Å². The Bertz CT molecular complexity index is 1060. The van der Waals surface area contributed by atoms with Crippen molar-refractivity contribution in [1.29, 1.82) is 0 Å². The highest BCUT2D eigenvalue weighted by Crippen LogP contribution is 2.28. The van der Waals surface area contributed by atoms with E-state index in [-0.39, 0.29) is 24.6 Å². The number of hydrogen-bond donors (Lipinski definition) is 0. The summed E-state index contributed by atoms with van der Waals surface area (Å²) in [5.74, 6) is -0.521. The zero-order chi connectivity index (χ0) is 21.1. The highest BCUT2D eigenvalue weighted by Gasteiger charge is 2.34. The lowest BCUT2D eigenvalue weighted by atomic mass is 10.1. The second-order valence-electron chi connectivity index (χ2n) is 7.00. The molecule has 1 saturated heterocycles. The highest BCUT2D eigenvalue weighted by atomic mass is 19.1. The predicted molar refractivity (Wildman–Crippen MR) is 104 cm³/mol. The minimum Gasteiger partial charge on any atom is -0.337 e. The first kappa shape index (κ1) is 19.7. The molecule has 0 bridgehead atoms. The first-order chi connectivity index (χ1) is 14.5. The Balaban J connectivity index is 1.62. The van der Waals surface area contributed by atoms with E-state index in [1.165, 1.54) is 17.2 Å². The van der Waals surface area contributed by atoms with Crippen LogP contribution in [0.1, 0.15) is 44.9 Å². The van der Waals surface area contributed by atoms with Crippen molar-refractivity contribution in [2.24, 2.45) is 0 Å². The summed E-state index contributed by atoms with van der Waals surface area (Å²) in [6, 6.07) is 9.75. The smallest absolute Gasteiger partial charge is 0.257 e. The van der Waals surface area contributed by atoms with E-state index in [1.807, 2.05) is 6.07 Å². The van der Waals surface area contributed by atoms with Crippen molar-refractivity contribution >= 4 is 11.8 Å². The topological polar surface area (TPSA) is 92.4 Å². The van der Waals surface area contributed by atoms with Crippen LogP contribution in [0.15, 0.2) is 53.3 Å². The maximum absolute atomic E-state index is 14.1. The average molecular weight is 409 g/mol. The standard InChI is InChI=1S/C21H20FN5O3/c1-14-24-19(30-25-14)18-8-10-26(21(29)16-7-9-23-13-17(16)22)11-12-27(18)20(28)15-5-3-2-4-6-15/h2-7,9,13,18H,8,10-12H2,1H3. The monoisotopic (exact) mass is 409 g/mol. The van der Waals surface area contributed by atoms with Gasteiger partial charge in [-0.05, 0) is 31.5 Å². The minimum absolute atomic E-state index is 0.0435. The molecular formula is C21H20FN5O3. The zero-order valence-electron chi connectivity index (χ0n) is 16.4. The number of rotatable bonds is 3. The second kappa shape index (κ2) is 8.40. The van der Waals surface area contributed by atoms with E-state index in [4.69, 9.17) is 4.52 Å². The molecule has 2 amide bonds. The van der Waals surface area contributed by atoms with Crippen LogP contribution in [-0.2, 0) is 0 Å². The predicted octanol–water partition coefficient (Wildman–Crippen LogP) is 2.64. The van der Waals surface area contributed by atoms with Gasteiger partial charge in [0.1, 0.15) is 6.04 Å². The van der Waals surface area contributed by atoms with Gasteiger partial charge in [-0.2, -0.15) is 4.98 Å². The molecule has 3 aromatic rings. The van der Waals surface area contributed by atoms with Crippen LogP contribution in [0.3, 0.4) is 0 Å². The number of aromatic nitrogens is 3. The van der Waals surface area contributed by atoms with Gasteiger partial charge in [0.15, 0.2) is 11.6 Å². The number of aryl methyl sites for hydroxylation is 1. The Labute approximate surface area is 172 Å². The molecule has 1 atom stereocenters. The number of carbonyl (C=O) groups is 2. The van der Waals surface area contributed by atoms with Gasteiger partial charge in [0.05, 0.1) is 11.8 Å². The van der Waals surface area contributed by atoms with Crippen LogP contribution in [0.2, 0.25) is 0 Å². The summed E-state index contributed by atoms with van der Waals surface area (Å²) >= 11 is 0. The van der Waals surface area contributed by atoms with E-state index >= 15 is 0 Å². The number of hydrogen-bond acceptors (Lipinski definition) is 6. The molecule has 0 radical (unpaired) electrons. The molecule has 9 heteroatoms. The fourth-order valence-corrected chi connectivity index (χ4v) is 3.55. The van der Waals surface area contributed by atoms with Crippen LogP contribution in [0, 0.1) is 12.7 Å². The number of benzene rings is 1. The van der Waals surface area contributed by atoms with Gasteiger partial charge in [0.25, 0.3) is 11.8 Å². The van der Waals surface area contributed by atoms with Gasteiger partial charge in [-0.1, -0.05) is 23.4 Å². The zero-order valence-corrected chi connectivity index (χ0v) is 16.4. The maximum atomic E-state index is 14.1. The highest BCUT2D eigenvalue weighted by molar-refractivity contribution is 5.95. The van der Waals surface area contributed by atoms with Crippen LogP contribution in [-0.4, -0.2) is 56.4 Å². The van der Waals surface area contributed by atoms with Crippen LogP contribution in [0.5, 0.6) is 0 Å². The number of amides is 2. The number of halogens is 1. The summed E-state index contributed by atoms with van der Waals surface area (Å²) < 4.78 is 19.4. The van der Waals surface area contributed by atoms with E-state index in [2.05, 4.69) is 15.1 Å². The Morgan fingerprint density at radius 1 is 1.10 bits per heavy atom. The Morgan fingerprint density at radius 3 is 2.60 bits per heavy atom. The van der Waals surface area contributed by atoms with Gasteiger partial charge < -0.3 is 14.3 Å². The summed E-state index contributed by atoms with van der Waals surface area (Å²) in [6.45, 7) is 2.52. The fourth-order valence-electron chi connectivity index (χ4n) is 3.55. The van der Waals surface area contributed by atoms with Gasteiger partial charge in [-0.15, -0.1) is 0 Å². The lowest BCUT2D eigenvalue weighted by molar-refractivity contribution is 0.0641. The number of pyridine rings is 1. The van der Waals surface area contributed by atoms with E-state index in [0.29, 0.717) is 30.2 Å². The maximum Gasteiger partial charge on any atom is 0.257 e. The summed E-state index contributed by atoms with van der Waals surface area (Å²) in [5.41, 5.74) is 0.483. The van der Waals surface area contributed by atoms with Crippen LogP contribution >= 0.6 is 0 Å². The normalized spacial score (nSPS) is 16.9. The van der Waals surface area contributed by atoms with Crippen molar-refractivity contribution in [1.82, 2.24) is 24.9 Å². The van der Waals surface area contributed by atoms with E-state index in [1.54, 1.807) is 36.1 Å². The van der Waals surface area contributed by atoms with Gasteiger partial charge in [0.2, 0.25) is 5.89 Å². The SMILES string of the molecule is Cc1noc(C2CCN(C(=O)c3ccncc3F)CCN2C(=O)c2ccccc2)n1. The van der Waals surface area contributed by atoms with Crippen molar-refractivity contribution in [2.75, 3.05) is 19.6 Å². The van der Waals surface area contributed by atoms with Crippen molar-refractivity contribution in [3.8, 4) is 0 Å². The molecule has 1 aliphatic heterocycles. The number of carbonyl (C=O) groups excluding carboxylic acids is 2. The molecule has 0 aliphatic carbocycles. The molecule has 1 aliphatic rings. The fraction of sp³-hybridized carbons (Fsp3) is 0.286. The second-order valence-corrected chi connectivity index (χ2v) is 7.00. The molecule has 4 rings (SSSR count). The molecular weight excluding hydrogens is 389 g/mol. The Morgan fingerprint density at radius 2 is 1.90 bits per heavy atom. The molecule has 1 unspecified atom stereocenters. The third-order valence-electron chi connectivity index (χ3n) is 5.06. The van der Waals surface area contributed by atoms with Gasteiger partial charge in [-0.25, -0.2) is 4.39 Å². The molecule has 3 heterocycles. The summed E-state index contributed by atoms with van der Waals surface area (Å²) in [7, 11) is 0. The van der Waals surface area contributed by atoms with Crippen LogP contribution < -0.4 is 0 Å². The van der Waals surface area contributed by atoms with Crippen LogP contribution in [0.4, 0.5) is 4.39 Å². The van der Waals surface area contributed by atoms with E-state index < -0.39 is 17.8 Å². The molecule has 1 aromatic carbocycles. The van der Waals surface area contributed by atoms with Crippen molar-refractivity contribution in [3.63, 3.8) is 0 Å². The quantitative estimate of drug-likeness (QED) is 0.660. The van der Waals surface area contributed by atoms with Crippen molar-refractivity contribution in [3.05, 3.63) is 77.5 Å². The Kier molecular flexibility index (Phi) is 5.51. The summed E-state index contributed by atoms with van der Waals surface area (Å²) in [4.78, 5) is 37.2. The lowest BCUT2D eigenvalue weighted by Crippen LogP contribution is -2.38. The first-order valence-electron chi connectivity index (χ1n) is 9.59. The Hall–Kier alpha value is -3.62. The van der Waals surface area contributed by atoms with E-state index in [9.17, 15) is 14.0 Å². The molecule has 2 aromatic heterocycles. The van der Waals surface area contributed by atoms with Crippen molar-refractivity contribution < 1.29 is 18.5 Å². The molecule has 8 nitrogen and oxygen atoms in total. The van der Waals surface area contributed by atoms with E-state index in [0.717, 1.165) is 6.20 Å². The largest absolute Gasteiger partial charge is 0.337 e. The minimum atomic E-state index is -0.673. The summed E-state index contributed by atoms with van der Waals surface area (Å²) in [6.07, 6.45) is 2.78. The molecule has 30 heavy (non-hydrogen) atoms. The molecule has 0 N–H and O–H groups in total. The molecule has 154 valence electrons. The van der Waals surface area contributed by atoms with Crippen molar-refractivity contribution in [2.45, 2.75) is 19.4 Å². The molecule has 0 spiro atoms. The average Bonchev–Trinajstić information content (AvgIpc) is 3.07. The first-order valence-corrected chi connectivity index (χ1v) is 9.59. The van der Waals surface area contributed by atoms with Gasteiger partial charge >= 0.3 is 0 Å². The third-order valence-corrected chi connectivity index (χ3v) is 5.06. The van der Waals surface area contributed by atoms with Crippen LogP contribution in [0.25, 0.3) is 0 Å². The van der Waals surface area contributed by atoms with Gasteiger partial charge in [-0.3, -0.25) is 14.6 Å². The third kappa shape index (κ3) is 3.91. The lowest BCUT2D eigenvalue weighted by Gasteiger charge is -2.27.